The molecule has 1 aromatic carbocycles. The molecule has 0 saturated heterocycles. The van der Waals surface area contributed by atoms with E-state index < -0.39 is 11.7 Å². The van der Waals surface area contributed by atoms with E-state index in [4.69, 9.17) is 4.74 Å². The first-order valence-electron chi connectivity index (χ1n) is 7.12. The molecule has 0 spiro atoms. The van der Waals surface area contributed by atoms with Crippen LogP contribution in [0.15, 0.2) is 18.2 Å². The number of nitrogens with one attached hydrogen (secondary N) is 1. The third-order valence-corrected chi connectivity index (χ3v) is 3.33. The van der Waals surface area contributed by atoms with Crippen molar-refractivity contribution in [3.63, 3.8) is 0 Å². The van der Waals surface area contributed by atoms with E-state index in [1.807, 2.05) is 39.0 Å². The molecule has 0 saturated carbocycles. The quantitative estimate of drug-likeness (QED) is 0.904. The highest BCUT2D eigenvalue weighted by atomic mass is 16.6. The van der Waals surface area contributed by atoms with Crippen molar-refractivity contribution < 1.29 is 9.53 Å². The van der Waals surface area contributed by atoms with Crippen molar-refractivity contribution in [2.45, 2.75) is 39.2 Å². The first kappa shape index (κ1) is 15.2. The van der Waals surface area contributed by atoms with Crippen molar-refractivity contribution in [1.82, 2.24) is 0 Å². The molecule has 1 aromatic rings. The molecule has 1 aliphatic rings. The lowest BCUT2D eigenvalue weighted by Gasteiger charge is -2.20. The largest absolute Gasteiger partial charge is 0.444 e. The lowest BCUT2D eigenvalue weighted by atomic mass is 10.0. The summed E-state index contributed by atoms with van der Waals surface area (Å²) < 4.78 is 5.24. The van der Waals surface area contributed by atoms with Gasteiger partial charge in [-0.3, -0.25) is 5.32 Å². The second-order valence-electron chi connectivity index (χ2n) is 6.12. The molecule has 1 atom stereocenters. The van der Waals surface area contributed by atoms with Crippen LogP contribution in [0.25, 0.3) is 0 Å². The van der Waals surface area contributed by atoms with Crippen LogP contribution in [-0.4, -0.2) is 24.8 Å². The van der Waals surface area contributed by atoms with Crippen molar-refractivity contribution in [2.24, 2.45) is 0 Å². The Morgan fingerprint density at radius 2 is 2.24 bits per heavy atom. The lowest BCUT2D eigenvalue weighted by Crippen LogP contribution is -2.27. The fourth-order valence-electron chi connectivity index (χ4n) is 2.44. The monoisotopic (exact) mass is 287 g/mol. The molecule has 1 amide bonds. The van der Waals surface area contributed by atoms with Gasteiger partial charge < -0.3 is 9.64 Å². The molecule has 0 aromatic heterocycles. The van der Waals surface area contributed by atoms with E-state index in [9.17, 15) is 10.1 Å². The van der Waals surface area contributed by atoms with Crippen LogP contribution in [0.1, 0.15) is 39.2 Å². The van der Waals surface area contributed by atoms with Gasteiger partial charge in [0, 0.05) is 24.5 Å². The number of carbonyl (C=O) groups is 1. The van der Waals surface area contributed by atoms with Gasteiger partial charge in [0.1, 0.15) is 5.60 Å². The molecular formula is C16H21N3O2. The first-order valence-corrected chi connectivity index (χ1v) is 7.12. The third-order valence-electron chi connectivity index (χ3n) is 3.33. The number of ether oxygens (including phenoxy) is 1. The molecule has 1 heterocycles. The summed E-state index contributed by atoms with van der Waals surface area (Å²) in [5, 5.41) is 11.9. The maximum atomic E-state index is 11.8. The number of likely N-dealkylation sites (N-methyl/N-ethyl adjacent to an activating group) is 1. The lowest BCUT2D eigenvalue weighted by molar-refractivity contribution is 0.0636. The summed E-state index contributed by atoms with van der Waals surface area (Å²) in [4.78, 5) is 13.9. The summed E-state index contributed by atoms with van der Waals surface area (Å²) >= 11 is 0. The van der Waals surface area contributed by atoms with E-state index in [0.29, 0.717) is 12.2 Å². The first-order chi connectivity index (χ1) is 9.84. The van der Waals surface area contributed by atoms with E-state index in [1.54, 1.807) is 0 Å². The number of hydrogen-bond acceptors (Lipinski definition) is 4. The Kier molecular flexibility index (Phi) is 4.08. The fraction of sp³-hybridized carbons (Fsp3) is 0.500. The molecule has 21 heavy (non-hydrogen) atoms. The standard InChI is InChI=1S/C16H21N3O2/c1-5-19-10-11(9-17)13-7-6-12(8-14(13)19)18-15(20)21-16(2,3)4/h6-8,11H,5,10H2,1-4H3,(H,18,20). The summed E-state index contributed by atoms with van der Waals surface area (Å²) in [6.45, 7) is 9.07. The summed E-state index contributed by atoms with van der Waals surface area (Å²) in [6, 6.07) is 7.94. The van der Waals surface area contributed by atoms with Gasteiger partial charge in [-0.25, -0.2) is 4.79 Å². The SMILES string of the molecule is CCN1CC(C#N)c2ccc(NC(=O)OC(C)(C)C)cc21. The number of nitrogens with zero attached hydrogens (tertiary/aromatic N) is 2. The fourth-order valence-corrected chi connectivity index (χ4v) is 2.44. The molecule has 0 bridgehead atoms. The minimum atomic E-state index is -0.526. The van der Waals surface area contributed by atoms with Crippen molar-refractivity contribution in [1.29, 1.82) is 5.26 Å². The minimum absolute atomic E-state index is 0.101. The van der Waals surface area contributed by atoms with Gasteiger partial charge in [-0.1, -0.05) is 6.07 Å². The highest BCUT2D eigenvalue weighted by Crippen LogP contribution is 2.37. The van der Waals surface area contributed by atoms with E-state index in [2.05, 4.69) is 23.2 Å². The van der Waals surface area contributed by atoms with Crippen molar-refractivity contribution >= 4 is 17.5 Å². The Morgan fingerprint density at radius 3 is 2.81 bits per heavy atom. The van der Waals surface area contributed by atoms with E-state index >= 15 is 0 Å². The van der Waals surface area contributed by atoms with Crippen LogP contribution in [0.2, 0.25) is 0 Å². The van der Waals surface area contributed by atoms with Crippen LogP contribution in [-0.2, 0) is 4.74 Å². The third kappa shape index (κ3) is 3.46. The van der Waals surface area contributed by atoms with E-state index in [1.165, 1.54) is 0 Å². The highest BCUT2D eigenvalue weighted by Gasteiger charge is 2.28. The molecule has 0 radical (unpaired) electrons. The minimum Gasteiger partial charge on any atom is -0.444 e. The Labute approximate surface area is 125 Å². The molecule has 1 aliphatic heterocycles. The van der Waals surface area contributed by atoms with Crippen LogP contribution in [0.3, 0.4) is 0 Å². The maximum Gasteiger partial charge on any atom is 0.412 e. The van der Waals surface area contributed by atoms with Crippen LogP contribution in [0.5, 0.6) is 0 Å². The Hall–Kier alpha value is -2.22. The molecule has 0 fully saturated rings. The number of fused-ring (bicyclic) bond motifs is 1. The van der Waals surface area contributed by atoms with Crippen molar-refractivity contribution in [2.75, 3.05) is 23.3 Å². The zero-order chi connectivity index (χ0) is 15.6. The molecule has 1 unspecified atom stereocenters. The molecular weight excluding hydrogens is 266 g/mol. The average molecular weight is 287 g/mol. The number of rotatable bonds is 2. The number of hydrogen-bond donors (Lipinski definition) is 1. The Morgan fingerprint density at radius 1 is 1.52 bits per heavy atom. The Bertz CT molecular complexity index is 584. The smallest absolute Gasteiger partial charge is 0.412 e. The zero-order valence-electron chi connectivity index (χ0n) is 12.9. The topological polar surface area (TPSA) is 65.4 Å². The van der Waals surface area contributed by atoms with Crippen LogP contribution < -0.4 is 10.2 Å². The summed E-state index contributed by atoms with van der Waals surface area (Å²) in [5.41, 5.74) is 2.19. The summed E-state index contributed by atoms with van der Waals surface area (Å²) in [7, 11) is 0. The summed E-state index contributed by atoms with van der Waals surface area (Å²) in [6.07, 6.45) is -0.472. The predicted octanol–water partition coefficient (Wildman–Crippen LogP) is 3.48. The molecule has 0 aliphatic carbocycles. The second kappa shape index (κ2) is 5.65. The van der Waals surface area contributed by atoms with Crippen molar-refractivity contribution in [3.8, 4) is 6.07 Å². The van der Waals surface area contributed by atoms with Gasteiger partial charge in [0.05, 0.1) is 12.0 Å². The van der Waals surface area contributed by atoms with Gasteiger partial charge in [0.15, 0.2) is 0 Å². The van der Waals surface area contributed by atoms with Gasteiger partial charge in [-0.05, 0) is 45.4 Å². The zero-order valence-corrected chi connectivity index (χ0v) is 12.9. The molecule has 5 heteroatoms. The van der Waals surface area contributed by atoms with Gasteiger partial charge in [0.25, 0.3) is 0 Å². The van der Waals surface area contributed by atoms with Crippen molar-refractivity contribution in [3.05, 3.63) is 23.8 Å². The highest BCUT2D eigenvalue weighted by molar-refractivity contribution is 5.86. The van der Waals surface area contributed by atoms with E-state index in [0.717, 1.165) is 17.8 Å². The molecule has 5 nitrogen and oxygen atoms in total. The second-order valence-corrected chi connectivity index (χ2v) is 6.12. The molecule has 1 N–H and O–H groups in total. The van der Waals surface area contributed by atoms with E-state index in [-0.39, 0.29) is 5.92 Å². The van der Waals surface area contributed by atoms with Gasteiger partial charge in [-0.15, -0.1) is 0 Å². The predicted molar refractivity (Wildman–Crippen MR) is 82.5 cm³/mol. The Balaban J connectivity index is 2.18. The normalized spacial score (nSPS) is 17.1. The maximum absolute atomic E-state index is 11.8. The number of nitriles is 1. The van der Waals surface area contributed by atoms with Crippen LogP contribution >= 0.6 is 0 Å². The molecule has 112 valence electrons. The number of carbonyl (C=O) groups excluding carboxylic acids is 1. The van der Waals surface area contributed by atoms with Gasteiger partial charge in [0.2, 0.25) is 0 Å². The number of anilines is 2. The van der Waals surface area contributed by atoms with Gasteiger partial charge in [-0.2, -0.15) is 5.26 Å². The van der Waals surface area contributed by atoms with Gasteiger partial charge >= 0.3 is 6.09 Å². The molecule has 2 rings (SSSR count). The summed E-state index contributed by atoms with van der Waals surface area (Å²) in [5.74, 6) is -0.101. The van der Waals surface area contributed by atoms with Crippen LogP contribution in [0, 0.1) is 11.3 Å². The van der Waals surface area contributed by atoms with Crippen LogP contribution in [0.4, 0.5) is 16.2 Å². The average Bonchev–Trinajstić information content (AvgIpc) is 2.73. The number of benzene rings is 1. The number of amides is 1.